The monoisotopic (exact) mass is 259 g/mol. The van der Waals surface area contributed by atoms with Gasteiger partial charge in [0, 0.05) is 24.9 Å². The van der Waals surface area contributed by atoms with Gasteiger partial charge in [-0.15, -0.1) is 11.6 Å². The average Bonchev–Trinajstić information content (AvgIpc) is 2.85. The Balaban J connectivity index is 2.32. The van der Waals surface area contributed by atoms with Crippen LogP contribution in [0.25, 0.3) is 0 Å². The highest BCUT2D eigenvalue weighted by Crippen LogP contribution is 2.24. The highest BCUT2D eigenvalue weighted by molar-refractivity contribution is 6.18. The Bertz CT molecular complexity index is 214. The van der Waals surface area contributed by atoms with Gasteiger partial charge in [0.05, 0.1) is 0 Å². The van der Waals surface area contributed by atoms with Crippen molar-refractivity contribution in [3.05, 3.63) is 0 Å². The second kappa shape index (κ2) is 8.79. The maximum atomic E-state index is 12.2. The molecule has 0 spiro atoms. The zero-order valence-corrected chi connectivity index (χ0v) is 11.8. The van der Waals surface area contributed by atoms with E-state index in [0.717, 1.165) is 13.0 Å². The summed E-state index contributed by atoms with van der Waals surface area (Å²) in [6, 6.07) is 0.479. The predicted molar refractivity (Wildman–Crippen MR) is 73.4 cm³/mol. The summed E-state index contributed by atoms with van der Waals surface area (Å²) < 4.78 is 0. The molecular weight excluding hydrogens is 234 g/mol. The van der Waals surface area contributed by atoms with Crippen LogP contribution in [0.1, 0.15) is 64.7 Å². The van der Waals surface area contributed by atoms with Gasteiger partial charge in [-0.25, -0.2) is 0 Å². The SMILES string of the molecule is CCCCCCC(=O)N(CCCl)C1CCCC1. The Hall–Kier alpha value is -0.240. The smallest absolute Gasteiger partial charge is 0.222 e. The normalized spacial score (nSPS) is 16.4. The van der Waals surface area contributed by atoms with Crippen LogP contribution in [0.4, 0.5) is 0 Å². The Morgan fingerprint density at radius 2 is 1.94 bits per heavy atom. The molecule has 2 nitrogen and oxygen atoms in total. The molecule has 17 heavy (non-hydrogen) atoms. The molecule has 0 saturated heterocycles. The van der Waals surface area contributed by atoms with E-state index in [2.05, 4.69) is 6.92 Å². The molecule has 100 valence electrons. The molecule has 1 amide bonds. The van der Waals surface area contributed by atoms with E-state index >= 15 is 0 Å². The Labute approximate surface area is 111 Å². The van der Waals surface area contributed by atoms with Gasteiger partial charge in [-0.05, 0) is 19.3 Å². The van der Waals surface area contributed by atoms with Gasteiger partial charge < -0.3 is 4.90 Å². The lowest BCUT2D eigenvalue weighted by molar-refractivity contribution is -0.133. The first-order valence-corrected chi connectivity index (χ1v) is 7.68. The van der Waals surface area contributed by atoms with E-state index in [1.54, 1.807) is 0 Å². The fourth-order valence-electron chi connectivity index (χ4n) is 2.66. The first-order valence-electron chi connectivity index (χ1n) is 7.15. The summed E-state index contributed by atoms with van der Waals surface area (Å²) >= 11 is 5.81. The number of amides is 1. The third kappa shape index (κ3) is 5.29. The van der Waals surface area contributed by atoms with E-state index in [9.17, 15) is 4.79 Å². The van der Waals surface area contributed by atoms with Gasteiger partial charge >= 0.3 is 0 Å². The van der Waals surface area contributed by atoms with E-state index in [0.29, 0.717) is 24.2 Å². The third-order valence-electron chi connectivity index (χ3n) is 3.66. The molecule has 0 unspecified atom stereocenters. The number of rotatable bonds is 8. The summed E-state index contributed by atoms with van der Waals surface area (Å²) in [5.41, 5.74) is 0. The molecule has 0 bridgehead atoms. The van der Waals surface area contributed by atoms with Crippen molar-refractivity contribution in [1.29, 1.82) is 0 Å². The fourth-order valence-corrected chi connectivity index (χ4v) is 2.85. The van der Waals surface area contributed by atoms with Crippen LogP contribution in [0.5, 0.6) is 0 Å². The number of nitrogens with zero attached hydrogens (tertiary/aromatic N) is 1. The Morgan fingerprint density at radius 1 is 1.24 bits per heavy atom. The molecule has 0 radical (unpaired) electrons. The number of alkyl halides is 1. The summed E-state index contributed by atoms with van der Waals surface area (Å²) in [5.74, 6) is 0.894. The lowest BCUT2D eigenvalue weighted by atomic mass is 10.1. The lowest BCUT2D eigenvalue weighted by Gasteiger charge is -2.28. The topological polar surface area (TPSA) is 20.3 Å². The summed E-state index contributed by atoms with van der Waals surface area (Å²) in [7, 11) is 0. The first-order chi connectivity index (χ1) is 8.29. The van der Waals surface area contributed by atoms with Gasteiger partial charge in [0.1, 0.15) is 0 Å². The molecule has 1 rings (SSSR count). The molecule has 0 aromatic carbocycles. The minimum atomic E-state index is 0.327. The fraction of sp³-hybridized carbons (Fsp3) is 0.929. The van der Waals surface area contributed by atoms with Gasteiger partial charge in [-0.1, -0.05) is 39.0 Å². The third-order valence-corrected chi connectivity index (χ3v) is 3.82. The second-order valence-corrected chi connectivity index (χ2v) is 5.40. The summed E-state index contributed by atoms with van der Waals surface area (Å²) in [6.45, 7) is 2.93. The molecule has 0 aromatic heterocycles. The zero-order valence-electron chi connectivity index (χ0n) is 11.1. The minimum absolute atomic E-state index is 0.327. The molecule has 0 N–H and O–H groups in total. The maximum Gasteiger partial charge on any atom is 0.222 e. The van der Waals surface area contributed by atoms with E-state index in [1.807, 2.05) is 4.90 Å². The van der Waals surface area contributed by atoms with Crippen LogP contribution in [0.15, 0.2) is 0 Å². The molecule has 1 aliphatic carbocycles. The highest BCUT2D eigenvalue weighted by Gasteiger charge is 2.25. The number of hydrogen-bond donors (Lipinski definition) is 0. The Morgan fingerprint density at radius 3 is 2.53 bits per heavy atom. The summed E-state index contributed by atoms with van der Waals surface area (Å²) in [6.07, 6.45) is 10.3. The van der Waals surface area contributed by atoms with E-state index < -0.39 is 0 Å². The number of halogens is 1. The van der Waals surface area contributed by atoms with Gasteiger partial charge in [-0.3, -0.25) is 4.79 Å². The van der Waals surface area contributed by atoms with E-state index in [4.69, 9.17) is 11.6 Å². The molecule has 1 fully saturated rings. The van der Waals surface area contributed by atoms with Gasteiger partial charge in [-0.2, -0.15) is 0 Å². The molecule has 1 aliphatic rings. The minimum Gasteiger partial charge on any atom is -0.339 e. The molecular formula is C14H26ClNO. The van der Waals surface area contributed by atoms with Crippen molar-refractivity contribution in [2.45, 2.75) is 70.8 Å². The van der Waals surface area contributed by atoms with Crippen molar-refractivity contribution in [1.82, 2.24) is 4.90 Å². The molecule has 1 saturated carbocycles. The van der Waals surface area contributed by atoms with Crippen LogP contribution >= 0.6 is 11.6 Å². The van der Waals surface area contributed by atoms with Crippen molar-refractivity contribution in [3.8, 4) is 0 Å². The van der Waals surface area contributed by atoms with Crippen LogP contribution < -0.4 is 0 Å². The van der Waals surface area contributed by atoms with Crippen molar-refractivity contribution in [2.24, 2.45) is 0 Å². The summed E-state index contributed by atoms with van der Waals surface area (Å²) in [5, 5.41) is 0. The zero-order chi connectivity index (χ0) is 12.5. The van der Waals surface area contributed by atoms with Crippen molar-refractivity contribution in [2.75, 3.05) is 12.4 Å². The molecule has 3 heteroatoms. The van der Waals surface area contributed by atoms with Crippen molar-refractivity contribution in [3.63, 3.8) is 0 Å². The van der Waals surface area contributed by atoms with Crippen LogP contribution in [-0.2, 0) is 4.79 Å². The average molecular weight is 260 g/mol. The first kappa shape index (κ1) is 14.8. The lowest BCUT2D eigenvalue weighted by Crippen LogP contribution is -2.40. The predicted octanol–water partition coefficient (Wildman–Crippen LogP) is 3.97. The number of unbranched alkanes of at least 4 members (excludes halogenated alkanes) is 3. The standard InChI is InChI=1S/C14H26ClNO/c1-2-3-4-5-10-14(17)16(12-11-15)13-8-6-7-9-13/h13H,2-12H2,1H3. The quantitative estimate of drug-likeness (QED) is 0.477. The molecule has 0 heterocycles. The maximum absolute atomic E-state index is 12.2. The number of carbonyl (C=O) groups excluding carboxylic acids is 1. The molecule has 0 aromatic rings. The number of hydrogen-bond acceptors (Lipinski definition) is 1. The van der Waals surface area contributed by atoms with E-state index in [1.165, 1.54) is 44.9 Å². The van der Waals surface area contributed by atoms with Crippen LogP contribution in [0.2, 0.25) is 0 Å². The second-order valence-electron chi connectivity index (χ2n) is 5.03. The largest absolute Gasteiger partial charge is 0.339 e. The molecule has 0 aliphatic heterocycles. The van der Waals surface area contributed by atoms with Crippen molar-refractivity contribution >= 4 is 17.5 Å². The van der Waals surface area contributed by atoms with Gasteiger partial charge in [0.15, 0.2) is 0 Å². The molecule has 0 atom stereocenters. The van der Waals surface area contributed by atoms with Crippen LogP contribution in [0.3, 0.4) is 0 Å². The Kier molecular flexibility index (Phi) is 7.67. The highest BCUT2D eigenvalue weighted by atomic mass is 35.5. The van der Waals surface area contributed by atoms with Gasteiger partial charge in [0.25, 0.3) is 0 Å². The van der Waals surface area contributed by atoms with E-state index in [-0.39, 0.29) is 0 Å². The van der Waals surface area contributed by atoms with Gasteiger partial charge in [0.2, 0.25) is 5.91 Å². The van der Waals surface area contributed by atoms with Crippen LogP contribution in [-0.4, -0.2) is 29.3 Å². The summed E-state index contributed by atoms with van der Waals surface area (Å²) in [4.78, 5) is 14.2. The number of carbonyl (C=O) groups is 1. The van der Waals surface area contributed by atoms with Crippen molar-refractivity contribution < 1.29 is 4.79 Å². The van der Waals surface area contributed by atoms with Crippen LogP contribution in [0, 0.1) is 0 Å².